The van der Waals surface area contributed by atoms with Crippen LogP contribution in [0.15, 0.2) is 36.9 Å². The summed E-state index contributed by atoms with van der Waals surface area (Å²) in [6.45, 7) is 2.00. The lowest BCUT2D eigenvalue weighted by Gasteiger charge is -2.33. The highest BCUT2D eigenvalue weighted by Crippen LogP contribution is 2.53. The van der Waals surface area contributed by atoms with Crippen LogP contribution in [0, 0.1) is 0 Å². The third-order valence-electron chi connectivity index (χ3n) is 3.23. The van der Waals surface area contributed by atoms with Gasteiger partial charge in [0.2, 0.25) is 0 Å². The molecule has 0 aromatic heterocycles. The minimum atomic E-state index is -6.88. The van der Waals surface area contributed by atoms with Gasteiger partial charge in [0.1, 0.15) is 0 Å². The maximum Gasteiger partial charge on any atom is 0.460 e. The molecule has 0 saturated carbocycles. The zero-order chi connectivity index (χ0) is 19.5. The van der Waals surface area contributed by atoms with Crippen molar-refractivity contribution in [2.45, 2.75) is 30.4 Å². The van der Waals surface area contributed by atoms with Crippen molar-refractivity contribution >= 4 is 5.57 Å². The molecule has 0 spiro atoms. The van der Waals surface area contributed by atoms with Crippen molar-refractivity contribution in [1.82, 2.24) is 0 Å². The Hall–Kier alpha value is -1.71. The third-order valence-corrected chi connectivity index (χ3v) is 3.23. The number of hydrogen-bond acceptors (Lipinski definition) is 1. The molecule has 1 rings (SSSR count). The Balaban J connectivity index is 2.65. The van der Waals surface area contributed by atoms with Crippen molar-refractivity contribution in [2.75, 3.05) is 13.2 Å². The zero-order valence-electron chi connectivity index (χ0n) is 12.5. The average molecular weight is 380 g/mol. The van der Waals surface area contributed by atoms with E-state index >= 15 is 0 Å². The van der Waals surface area contributed by atoms with Crippen molar-refractivity contribution < 1.29 is 44.3 Å². The Labute approximate surface area is 137 Å². The second kappa shape index (κ2) is 7.27. The van der Waals surface area contributed by atoms with Crippen LogP contribution in [-0.4, -0.2) is 37.2 Å². The molecule has 0 amide bonds. The minimum absolute atomic E-state index is 0.288. The molecule has 0 unspecified atom stereocenters. The van der Waals surface area contributed by atoms with Crippen molar-refractivity contribution in [3.8, 4) is 0 Å². The monoisotopic (exact) mass is 380 g/mol. The van der Waals surface area contributed by atoms with Crippen molar-refractivity contribution in [2.24, 2.45) is 0 Å². The van der Waals surface area contributed by atoms with Gasteiger partial charge in [0.25, 0.3) is 0 Å². The van der Waals surface area contributed by atoms with E-state index < -0.39 is 37.0 Å². The molecule has 0 saturated heterocycles. The number of ether oxygens (including phenoxy) is 1. The Kier molecular flexibility index (Phi) is 6.20. The van der Waals surface area contributed by atoms with E-state index in [0.29, 0.717) is 5.56 Å². The molecule has 0 heterocycles. The van der Waals surface area contributed by atoms with Gasteiger partial charge in [-0.25, -0.2) is 0 Å². The van der Waals surface area contributed by atoms with E-state index in [1.54, 1.807) is 30.3 Å². The smallest absolute Gasteiger partial charge is 0.377 e. The van der Waals surface area contributed by atoms with Crippen molar-refractivity contribution in [3.05, 3.63) is 42.5 Å². The third kappa shape index (κ3) is 4.47. The SMILES string of the molecule is C=C(COCCC(F)(F)C(F)(F)C(F)(F)C(F)(F)F)c1ccccc1. The first kappa shape index (κ1) is 21.3. The molecule has 142 valence electrons. The molecule has 1 aromatic rings. The second-order valence-electron chi connectivity index (χ2n) is 5.12. The van der Waals surface area contributed by atoms with E-state index in [2.05, 4.69) is 11.3 Å². The summed E-state index contributed by atoms with van der Waals surface area (Å²) in [6.07, 6.45) is -8.84. The number of benzene rings is 1. The number of alkyl halides is 9. The van der Waals surface area contributed by atoms with E-state index in [4.69, 9.17) is 0 Å². The van der Waals surface area contributed by atoms with Crippen LogP contribution in [0.25, 0.3) is 5.57 Å². The van der Waals surface area contributed by atoms with Crippen LogP contribution in [0.5, 0.6) is 0 Å². The molecule has 1 nitrogen and oxygen atoms in total. The topological polar surface area (TPSA) is 9.23 Å². The van der Waals surface area contributed by atoms with Crippen molar-refractivity contribution in [3.63, 3.8) is 0 Å². The second-order valence-corrected chi connectivity index (χ2v) is 5.12. The van der Waals surface area contributed by atoms with Crippen LogP contribution in [0.2, 0.25) is 0 Å². The number of halogens is 9. The van der Waals surface area contributed by atoms with Gasteiger partial charge in [-0.05, 0) is 11.1 Å². The van der Waals surface area contributed by atoms with Gasteiger partial charge in [-0.15, -0.1) is 0 Å². The fraction of sp³-hybridized carbons (Fsp3) is 0.467. The van der Waals surface area contributed by atoms with Crippen LogP contribution >= 0.6 is 0 Å². The average Bonchev–Trinajstić information content (AvgIpc) is 2.50. The van der Waals surface area contributed by atoms with Gasteiger partial charge in [0, 0.05) is 6.42 Å². The summed E-state index contributed by atoms with van der Waals surface area (Å²) in [6, 6.07) is 8.14. The van der Waals surface area contributed by atoms with Crippen LogP contribution in [0.3, 0.4) is 0 Å². The highest BCUT2D eigenvalue weighted by Gasteiger charge is 2.81. The van der Waals surface area contributed by atoms with E-state index in [0.717, 1.165) is 0 Å². The molecule has 25 heavy (non-hydrogen) atoms. The summed E-state index contributed by atoms with van der Waals surface area (Å²) in [7, 11) is 0. The Morgan fingerprint density at radius 1 is 0.840 bits per heavy atom. The first-order chi connectivity index (χ1) is 11.2. The first-order valence-electron chi connectivity index (χ1n) is 6.75. The van der Waals surface area contributed by atoms with Gasteiger partial charge < -0.3 is 4.74 Å². The van der Waals surface area contributed by atoms with E-state index in [1.807, 2.05) is 0 Å². The van der Waals surface area contributed by atoms with Gasteiger partial charge in [0.05, 0.1) is 13.2 Å². The lowest BCUT2D eigenvalue weighted by Crippen LogP contribution is -2.61. The van der Waals surface area contributed by atoms with Crippen LogP contribution in [0.1, 0.15) is 12.0 Å². The molecule has 0 N–H and O–H groups in total. The fourth-order valence-corrected chi connectivity index (χ4v) is 1.72. The highest BCUT2D eigenvalue weighted by molar-refractivity contribution is 5.63. The summed E-state index contributed by atoms with van der Waals surface area (Å²) in [4.78, 5) is 0. The van der Waals surface area contributed by atoms with Crippen molar-refractivity contribution in [1.29, 1.82) is 0 Å². The number of rotatable bonds is 8. The molecule has 0 radical (unpaired) electrons. The normalized spacial score (nSPS) is 13.8. The number of hydrogen-bond donors (Lipinski definition) is 0. The molecule has 0 bridgehead atoms. The zero-order valence-corrected chi connectivity index (χ0v) is 12.5. The Morgan fingerprint density at radius 3 is 1.84 bits per heavy atom. The summed E-state index contributed by atoms with van der Waals surface area (Å²) >= 11 is 0. The minimum Gasteiger partial charge on any atom is -0.377 e. The lowest BCUT2D eigenvalue weighted by atomic mass is 10.0. The van der Waals surface area contributed by atoms with Crippen LogP contribution in [-0.2, 0) is 4.74 Å². The largest absolute Gasteiger partial charge is 0.460 e. The molecule has 0 aliphatic carbocycles. The molecule has 0 aliphatic heterocycles. The van der Waals surface area contributed by atoms with E-state index in [1.165, 1.54) is 0 Å². The molecule has 0 fully saturated rings. The molecule has 10 heteroatoms. The molecule has 0 atom stereocenters. The summed E-state index contributed by atoms with van der Waals surface area (Å²) in [5.74, 6) is -19.1. The maximum absolute atomic E-state index is 13.2. The molecule has 0 aliphatic rings. The van der Waals surface area contributed by atoms with Crippen LogP contribution < -0.4 is 0 Å². The highest BCUT2D eigenvalue weighted by atomic mass is 19.4. The predicted octanol–water partition coefficient (Wildman–Crippen LogP) is 5.57. The summed E-state index contributed by atoms with van der Waals surface area (Å²) < 4.78 is 118. The Morgan fingerprint density at radius 2 is 1.36 bits per heavy atom. The lowest BCUT2D eigenvalue weighted by molar-refractivity contribution is -0.397. The fourth-order valence-electron chi connectivity index (χ4n) is 1.72. The predicted molar refractivity (Wildman–Crippen MR) is 71.8 cm³/mol. The first-order valence-corrected chi connectivity index (χ1v) is 6.75. The van der Waals surface area contributed by atoms with E-state index in [9.17, 15) is 39.5 Å². The maximum atomic E-state index is 13.2. The van der Waals surface area contributed by atoms with Gasteiger partial charge in [0.15, 0.2) is 0 Å². The van der Waals surface area contributed by atoms with E-state index in [-0.39, 0.29) is 12.2 Å². The van der Waals surface area contributed by atoms with Gasteiger partial charge >= 0.3 is 23.9 Å². The standard InChI is InChI=1S/C15H13F9O/c1-10(11-5-3-2-4-6-11)9-25-8-7-12(16,17)13(18,19)14(20,21)15(22,23)24/h2-6H,1,7-9H2. The van der Waals surface area contributed by atoms with Gasteiger partial charge in [-0.1, -0.05) is 36.9 Å². The van der Waals surface area contributed by atoms with Crippen LogP contribution in [0.4, 0.5) is 39.5 Å². The van der Waals surface area contributed by atoms with Gasteiger partial charge in [-0.3, -0.25) is 0 Å². The Bertz CT molecular complexity index is 578. The summed E-state index contributed by atoms with van der Waals surface area (Å²) in [5, 5.41) is 0. The quantitative estimate of drug-likeness (QED) is 0.423. The molecular formula is C15H13F9O. The molecular weight excluding hydrogens is 367 g/mol. The molecule has 1 aromatic carbocycles. The van der Waals surface area contributed by atoms with Gasteiger partial charge in [-0.2, -0.15) is 39.5 Å². The summed E-state index contributed by atoms with van der Waals surface area (Å²) in [5.41, 5.74) is 0.847.